The van der Waals surface area contributed by atoms with E-state index in [4.69, 9.17) is 0 Å². The van der Waals surface area contributed by atoms with Crippen LogP contribution in [0.15, 0.2) is 42.5 Å². The Kier molecular flexibility index (Phi) is 6.16. The van der Waals surface area contributed by atoms with E-state index in [0.717, 1.165) is 24.1 Å². The van der Waals surface area contributed by atoms with Crippen LogP contribution in [0, 0.1) is 12.7 Å². The minimum absolute atomic E-state index is 0.00627. The summed E-state index contributed by atoms with van der Waals surface area (Å²) in [6.07, 6.45) is 2.36. The second-order valence-electron chi connectivity index (χ2n) is 6.63. The first-order valence-electron chi connectivity index (χ1n) is 9.09. The molecule has 0 aromatic heterocycles. The fourth-order valence-corrected chi connectivity index (χ4v) is 4.15. The lowest BCUT2D eigenvalue weighted by Gasteiger charge is -2.25. The molecule has 1 atom stereocenters. The van der Waals surface area contributed by atoms with Gasteiger partial charge in [-0.2, -0.15) is 0 Å². The van der Waals surface area contributed by atoms with Crippen LogP contribution in [0.5, 0.6) is 0 Å². The Balaban J connectivity index is 1.77. The molecule has 0 spiro atoms. The Morgan fingerprint density at radius 1 is 1.26 bits per heavy atom. The number of unbranched alkanes of at least 4 members (excludes halogenated alkanes) is 1. The third-order valence-electron chi connectivity index (χ3n) is 4.54. The number of rotatable bonds is 6. The van der Waals surface area contributed by atoms with Crippen molar-refractivity contribution in [3.05, 3.63) is 59.4 Å². The van der Waals surface area contributed by atoms with Gasteiger partial charge in [-0.25, -0.2) is 4.39 Å². The van der Waals surface area contributed by atoms with Crippen LogP contribution in [0.2, 0.25) is 0 Å². The third kappa shape index (κ3) is 4.50. The Hall–Kier alpha value is -2.34. The largest absolute Gasteiger partial charge is 0.326 e. The molecule has 0 bridgehead atoms. The molecule has 2 aromatic carbocycles. The number of hydrogen-bond donors (Lipinski definition) is 1. The molecule has 2 aromatic rings. The summed E-state index contributed by atoms with van der Waals surface area (Å²) < 4.78 is 14.0. The number of carbonyl (C=O) groups excluding carboxylic acids is 2. The first-order chi connectivity index (χ1) is 13.0. The van der Waals surface area contributed by atoms with Crippen LogP contribution in [0.4, 0.5) is 15.8 Å². The molecule has 1 saturated heterocycles. The maximum atomic E-state index is 14.0. The minimum atomic E-state index is -0.318. The van der Waals surface area contributed by atoms with Gasteiger partial charge in [0.25, 0.3) is 0 Å². The summed E-state index contributed by atoms with van der Waals surface area (Å²) in [5.41, 5.74) is 2.80. The molecule has 1 aliphatic rings. The summed E-state index contributed by atoms with van der Waals surface area (Å²) in [6, 6.07) is 12.4. The predicted octanol–water partition coefficient (Wildman–Crippen LogP) is 5.04. The molecule has 27 heavy (non-hydrogen) atoms. The zero-order valence-corrected chi connectivity index (χ0v) is 16.3. The zero-order chi connectivity index (χ0) is 19.4. The highest BCUT2D eigenvalue weighted by Gasteiger charge is 2.34. The van der Waals surface area contributed by atoms with Crippen LogP contribution in [0.1, 0.15) is 42.7 Å². The van der Waals surface area contributed by atoms with Gasteiger partial charge in [0.05, 0.1) is 5.75 Å². The zero-order valence-electron chi connectivity index (χ0n) is 15.5. The van der Waals surface area contributed by atoms with Gasteiger partial charge >= 0.3 is 0 Å². The molecular weight excluding hydrogens is 363 g/mol. The number of thioether (sulfide) groups is 1. The smallest absolute Gasteiger partial charge is 0.238 e. The molecule has 1 N–H and O–H groups in total. The summed E-state index contributed by atoms with van der Waals surface area (Å²) >= 11 is 1.51. The average Bonchev–Trinajstić information content (AvgIpc) is 3.04. The number of benzene rings is 2. The molecule has 6 heteroatoms. The van der Waals surface area contributed by atoms with Crippen LogP contribution in [-0.2, 0) is 9.59 Å². The second-order valence-corrected chi connectivity index (χ2v) is 7.70. The van der Waals surface area contributed by atoms with Crippen molar-refractivity contribution in [2.24, 2.45) is 0 Å². The Labute approximate surface area is 163 Å². The number of nitrogens with zero attached hydrogens (tertiary/aromatic N) is 1. The van der Waals surface area contributed by atoms with Gasteiger partial charge in [-0.3, -0.25) is 14.5 Å². The van der Waals surface area contributed by atoms with Gasteiger partial charge in [0.1, 0.15) is 11.2 Å². The lowest BCUT2D eigenvalue weighted by molar-refractivity contribution is -0.116. The highest BCUT2D eigenvalue weighted by Crippen LogP contribution is 2.42. The number of amides is 2. The monoisotopic (exact) mass is 386 g/mol. The van der Waals surface area contributed by atoms with Gasteiger partial charge < -0.3 is 5.32 Å². The normalized spacial score (nSPS) is 16.6. The number of anilines is 2. The Bertz CT molecular complexity index is 839. The van der Waals surface area contributed by atoms with Crippen LogP contribution < -0.4 is 10.2 Å². The van der Waals surface area contributed by atoms with Crippen molar-refractivity contribution in [1.29, 1.82) is 0 Å². The van der Waals surface area contributed by atoms with Gasteiger partial charge in [0.2, 0.25) is 11.8 Å². The first kappa shape index (κ1) is 19.4. The fraction of sp³-hybridized carbons (Fsp3) is 0.333. The van der Waals surface area contributed by atoms with Gasteiger partial charge in [-0.1, -0.05) is 31.5 Å². The standard InChI is InChI=1S/C21H23FN2O2S/c1-3-4-5-19(25)23-16-9-7-15(8-10-16)21-24(20(26)13-27-21)17-11-6-14(2)18(22)12-17/h6-12,21H,3-5,13H2,1-2H3,(H,23,25)/t21-/m1/s1. The summed E-state index contributed by atoms with van der Waals surface area (Å²) in [5, 5.41) is 2.68. The molecule has 1 heterocycles. The maximum Gasteiger partial charge on any atom is 0.238 e. The summed E-state index contributed by atoms with van der Waals surface area (Å²) in [4.78, 5) is 25.9. The molecule has 0 saturated carbocycles. The van der Waals surface area contributed by atoms with Gasteiger partial charge in [-0.05, 0) is 48.7 Å². The molecule has 1 fully saturated rings. The Morgan fingerprint density at radius 2 is 2.00 bits per heavy atom. The highest BCUT2D eigenvalue weighted by molar-refractivity contribution is 8.00. The van der Waals surface area contributed by atoms with E-state index < -0.39 is 0 Å². The number of halogens is 1. The lowest BCUT2D eigenvalue weighted by Crippen LogP contribution is -2.28. The molecule has 0 aliphatic carbocycles. The van der Waals surface area contributed by atoms with E-state index in [9.17, 15) is 14.0 Å². The van der Waals surface area contributed by atoms with Crippen molar-refractivity contribution in [3.63, 3.8) is 0 Å². The van der Waals surface area contributed by atoms with Crippen LogP contribution in [0.25, 0.3) is 0 Å². The van der Waals surface area contributed by atoms with Crippen LogP contribution in [-0.4, -0.2) is 17.6 Å². The molecular formula is C21H23FN2O2S. The quantitative estimate of drug-likeness (QED) is 0.756. The topological polar surface area (TPSA) is 49.4 Å². The van der Waals surface area contributed by atoms with E-state index in [1.54, 1.807) is 24.0 Å². The molecule has 0 unspecified atom stereocenters. The number of hydrogen-bond acceptors (Lipinski definition) is 3. The molecule has 4 nitrogen and oxygen atoms in total. The van der Waals surface area contributed by atoms with Crippen molar-refractivity contribution in [1.82, 2.24) is 0 Å². The lowest BCUT2D eigenvalue weighted by atomic mass is 10.1. The molecule has 142 valence electrons. The van der Waals surface area contributed by atoms with E-state index in [1.165, 1.54) is 17.8 Å². The maximum absolute atomic E-state index is 14.0. The van der Waals surface area contributed by atoms with Crippen molar-refractivity contribution >= 4 is 35.0 Å². The highest BCUT2D eigenvalue weighted by atomic mass is 32.2. The first-order valence-corrected chi connectivity index (χ1v) is 10.1. The van der Waals surface area contributed by atoms with Gasteiger partial charge in [0, 0.05) is 17.8 Å². The van der Waals surface area contributed by atoms with Crippen molar-refractivity contribution in [3.8, 4) is 0 Å². The molecule has 1 aliphatic heterocycles. The Morgan fingerprint density at radius 3 is 2.67 bits per heavy atom. The van der Waals surface area contributed by atoms with Crippen LogP contribution in [0.3, 0.4) is 0 Å². The van der Waals surface area contributed by atoms with E-state index in [0.29, 0.717) is 23.4 Å². The van der Waals surface area contributed by atoms with Crippen LogP contribution >= 0.6 is 11.8 Å². The van der Waals surface area contributed by atoms with E-state index in [-0.39, 0.29) is 23.0 Å². The van der Waals surface area contributed by atoms with Crippen molar-refractivity contribution < 1.29 is 14.0 Å². The fourth-order valence-electron chi connectivity index (χ4n) is 2.97. The SMILES string of the molecule is CCCCC(=O)Nc1ccc([C@H]2SCC(=O)N2c2ccc(C)c(F)c2)cc1. The molecule has 2 amide bonds. The summed E-state index contributed by atoms with van der Waals surface area (Å²) in [6.45, 7) is 3.75. The van der Waals surface area contributed by atoms with Gasteiger partial charge in [0.15, 0.2) is 0 Å². The third-order valence-corrected chi connectivity index (χ3v) is 5.75. The number of nitrogens with one attached hydrogen (secondary N) is 1. The van der Waals surface area contributed by atoms with Crippen molar-refractivity contribution in [2.75, 3.05) is 16.0 Å². The number of aryl methyl sites for hydroxylation is 1. The van der Waals surface area contributed by atoms with E-state index >= 15 is 0 Å². The summed E-state index contributed by atoms with van der Waals surface area (Å²) in [7, 11) is 0. The second kappa shape index (κ2) is 8.57. The average molecular weight is 386 g/mol. The molecule has 3 rings (SSSR count). The van der Waals surface area contributed by atoms with Crippen molar-refractivity contribution in [2.45, 2.75) is 38.5 Å². The minimum Gasteiger partial charge on any atom is -0.326 e. The van der Waals surface area contributed by atoms with Gasteiger partial charge in [-0.15, -0.1) is 11.8 Å². The number of carbonyl (C=O) groups is 2. The molecule has 0 radical (unpaired) electrons. The van der Waals surface area contributed by atoms with E-state index in [2.05, 4.69) is 5.32 Å². The summed E-state index contributed by atoms with van der Waals surface area (Å²) in [5.74, 6) is 0.00780. The van der Waals surface area contributed by atoms with E-state index in [1.807, 2.05) is 31.2 Å². The predicted molar refractivity (Wildman–Crippen MR) is 108 cm³/mol.